The molecule has 35 heavy (non-hydrogen) atoms. The van der Waals surface area contributed by atoms with Gasteiger partial charge in [-0.1, -0.05) is 6.07 Å². The zero-order chi connectivity index (χ0) is 25.0. The molecular weight excluding hydrogens is 461 g/mol. The van der Waals surface area contributed by atoms with Crippen molar-refractivity contribution in [3.05, 3.63) is 76.6 Å². The van der Waals surface area contributed by atoms with E-state index >= 15 is 0 Å². The van der Waals surface area contributed by atoms with Crippen LogP contribution in [0.4, 0.5) is 18.9 Å². The van der Waals surface area contributed by atoms with E-state index in [1.54, 1.807) is 36.3 Å². The van der Waals surface area contributed by atoms with Crippen molar-refractivity contribution in [3.8, 4) is 17.0 Å². The highest BCUT2D eigenvalue weighted by Gasteiger charge is 2.31. The Morgan fingerprint density at radius 2 is 1.71 bits per heavy atom. The fourth-order valence-electron chi connectivity index (χ4n) is 3.98. The number of ether oxygens (including phenoxy) is 1. The number of aryl methyl sites for hydroxylation is 1. The smallest absolute Gasteiger partial charge is 0.416 e. The van der Waals surface area contributed by atoms with E-state index in [9.17, 15) is 22.8 Å². The molecular formula is C25H25F3N4O3. The van der Waals surface area contributed by atoms with E-state index in [1.807, 2.05) is 17.0 Å². The van der Waals surface area contributed by atoms with Gasteiger partial charge in [-0.3, -0.25) is 9.59 Å². The molecule has 3 aromatic rings. The first-order chi connectivity index (χ1) is 16.7. The van der Waals surface area contributed by atoms with Crippen LogP contribution in [-0.4, -0.2) is 53.9 Å². The molecule has 1 saturated heterocycles. The normalized spacial score (nSPS) is 14.2. The standard InChI is InChI=1S/C25H25F3N4O3/c1-35-21-7-5-18(6-8-21)22-9-10-24(34)32(29-22)12-11-23(33)31-15-13-30(14-16-31)20-4-2-3-19(17-20)25(26,27)28/h2-10,17H,11-16H2,1H3. The molecule has 0 unspecified atom stereocenters. The van der Waals surface area contributed by atoms with E-state index in [1.165, 1.54) is 16.8 Å². The number of benzene rings is 2. The highest BCUT2D eigenvalue weighted by atomic mass is 19.4. The molecule has 0 saturated carbocycles. The lowest BCUT2D eigenvalue weighted by Gasteiger charge is -2.36. The molecule has 1 aromatic heterocycles. The van der Waals surface area contributed by atoms with Crippen LogP contribution in [0.25, 0.3) is 11.3 Å². The van der Waals surface area contributed by atoms with E-state index in [2.05, 4.69) is 5.10 Å². The van der Waals surface area contributed by atoms with Crippen LogP contribution in [0.15, 0.2) is 65.5 Å². The van der Waals surface area contributed by atoms with Crippen LogP contribution < -0.4 is 15.2 Å². The zero-order valence-electron chi connectivity index (χ0n) is 19.2. The SMILES string of the molecule is COc1ccc(-c2ccc(=O)n(CCC(=O)N3CCN(c4cccc(C(F)(F)F)c4)CC3)n2)cc1. The number of rotatable bonds is 6. The number of hydrogen-bond donors (Lipinski definition) is 0. The summed E-state index contributed by atoms with van der Waals surface area (Å²) < 4.78 is 45.4. The molecule has 0 N–H and O–H groups in total. The van der Waals surface area contributed by atoms with Crippen molar-refractivity contribution in [2.45, 2.75) is 19.1 Å². The number of halogens is 3. The molecule has 0 atom stereocenters. The van der Waals surface area contributed by atoms with Gasteiger partial charge in [0.25, 0.3) is 5.56 Å². The lowest BCUT2D eigenvalue weighted by Crippen LogP contribution is -2.49. The average molecular weight is 486 g/mol. The van der Waals surface area contributed by atoms with Crippen molar-refractivity contribution in [1.82, 2.24) is 14.7 Å². The summed E-state index contributed by atoms with van der Waals surface area (Å²) >= 11 is 0. The molecule has 2 heterocycles. The first-order valence-electron chi connectivity index (χ1n) is 11.2. The van der Waals surface area contributed by atoms with Gasteiger partial charge in [-0.2, -0.15) is 18.3 Å². The Morgan fingerprint density at radius 3 is 2.37 bits per heavy atom. The molecule has 7 nitrogen and oxygen atoms in total. The highest BCUT2D eigenvalue weighted by molar-refractivity contribution is 5.76. The quantitative estimate of drug-likeness (QED) is 0.532. The third-order valence-electron chi connectivity index (χ3n) is 5.96. The third kappa shape index (κ3) is 5.82. The van der Waals surface area contributed by atoms with Gasteiger partial charge >= 0.3 is 6.18 Å². The number of aromatic nitrogens is 2. The molecule has 4 rings (SSSR count). The molecule has 1 aliphatic rings. The van der Waals surface area contributed by atoms with Gasteiger partial charge in [-0.05, 0) is 48.5 Å². The summed E-state index contributed by atoms with van der Waals surface area (Å²) in [6.07, 6.45) is -4.30. The number of methoxy groups -OCH3 is 1. The predicted octanol–water partition coefficient (Wildman–Crippen LogP) is 3.68. The maximum atomic E-state index is 13.0. The van der Waals surface area contributed by atoms with Gasteiger partial charge in [0.1, 0.15) is 5.75 Å². The summed E-state index contributed by atoms with van der Waals surface area (Å²) in [5.74, 6) is 0.582. The van der Waals surface area contributed by atoms with Crippen LogP contribution in [-0.2, 0) is 17.5 Å². The lowest BCUT2D eigenvalue weighted by molar-refractivity contribution is -0.137. The number of anilines is 1. The van der Waals surface area contributed by atoms with E-state index in [4.69, 9.17) is 4.74 Å². The molecule has 1 fully saturated rings. The average Bonchev–Trinajstić information content (AvgIpc) is 2.88. The van der Waals surface area contributed by atoms with Crippen molar-refractivity contribution in [2.75, 3.05) is 38.2 Å². The Labute approximate surface area is 200 Å². The number of carbonyl (C=O) groups excluding carboxylic acids is 1. The summed E-state index contributed by atoms with van der Waals surface area (Å²) in [5.41, 5.74) is 0.914. The van der Waals surface area contributed by atoms with Gasteiger partial charge in [0, 0.05) is 49.9 Å². The van der Waals surface area contributed by atoms with E-state index in [0.29, 0.717) is 43.3 Å². The van der Waals surface area contributed by atoms with Gasteiger partial charge in [-0.25, -0.2) is 4.68 Å². The first kappa shape index (κ1) is 24.3. The second kappa shape index (κ2) is 10.2. The van der Waals surface area contributed by atoms with Crippen molar-refractivity contribution >= 4 is 11.6 Å². The number of carbonyl (C=O) groups is 1. The fourth-order valence-corrected chi connectivity index (χ4v) is 3.98. The van der Waals surface area contributed by atoms with Crippen molar-refractivity contribution in [1.29, 1.82) is 0 Å². The number of hydrogen-bond acceptors (Lipinski definition) is 5. The Balaban J connectivity index is 1.35. The number of piperazine rings is 1. The van der Waals surface area contributed by atoms with Crippen LogP contribution in [0.1, 0.15) is 12.0 Å². The largest absolute Gasteiger partial charge is 0.497 e. The molecule has 184 valence electrons. The molecule has 0 radical (unpaired) electrons. The second-order valence-corrected chi connectivity index (χ2v) is 8.17. The van der Waals surface area contributed by atoms with E-state index < -0.39 is 11.7 Å². The topological polar surface area (TPSA) is 67.7 Å². The van der Waals surface area contributed by atoms with Crippen molar-refractivity contribution in [2.24, 2.45) is 0 Å². The van der Waals surface area contributed by atoms with Crippen molar-refractivity contribution in [3.63, 3.8) is 0 Å². The Bertz CT molecular complexity index is 1230. The van der Waals surface area contributed by atoms with Crippen LogP contribution in [0.5, 0.6) is 5.75 Å². The zero-order valence-corrected chi connectivity index (χ0v) is 19.2. The summed E-state index contributed by atoms with van der Waals surface area (Å²) in [6.45, 7) is 1.78. The number of amides is 1. The molecule has 2 aromatic carbocycles. The van der Waals surface area contributed by atoms with E-state index in [0.717, 1.165) is 17.7 Å². The summed E-state index contributed by atoms with van der Waals surface area (Å²) in [6, 6.07) is 15.5. The molecule has 0 aliphatic carbocycles. The lowest BCUT2D eigenvalue weighted by atomic mass is 10.1. The summed E-state index contributed by atoms with van der Waals surface area (Å²) in [5, 5.41) is 4.39. The first-order valence-corrected chi connectivity index (χ1v) is 11.2. The van der Waals surface area contributed by atoms with E-state index in [-0.39, 0.29) is 24.4 Å². The van der Waals surface area contributed by atoms with Crippen LogP contribution in [0.3, 0.4) is 0 Å². The van der Waals surface area contributed by atoms with Crippen molar-refractivity contribution < 1.29 is 22.7 Å². The molecule has 1 aliphatic heterocycles. The minimum absolute atomic E-state index is 0.0997. The highest BCUT2D eigenvalue weighted by Crippen LogP contribution is 2.32. The second-order valence-electron chi connectivity index (χ2n) is 8.17. The third-order valence-corrected chi connectivity index (χ3v) is 5.96. The van der Waals surface area contributed by atoms with Gasteiger partial charge in [-0.15, -0.1) is 0 Å². The predicted molar refractivity (Wildman–Crippen MR) is 125 cm³/mol. The minimum atomic E-state index is -4.40. The van der Waals surface area contributed by atoms with Crippen LogP contribution in [0.2, 0.25) is 0 Å². The van der Waals surface area contributed by atoms with Crippen LogP contribution >= 0.6 is 0 Å². The Hall–Kier alpha value is -3.82. The van der Waals surface area contributed by atoms with Gasteiger partial charge < -0.3 is 14.5 Å². The number of alkyl halides is 3. The maximum absolute atomic E-state index is 13.0. The monoisotopic (exact) mass is 486 g/mol. The molecule has 1 amide bonds. The van der Waals surface area contributed by atoms with Gasteiger partial charge in [0.05, 0.1) is 24.9 Å². The van der Waals surface area contributed by atoms with Crippen LogP contribution in [0, 0.1) is 0 Å². The summed E-state index contributed by atoms with van der Waals surface area (Å²) in [7, 11) is 1.58. The summed E-state index contributed by atoms with van der Waals surface area (Å²) in [4.78, 5) is 28.5. The minimum Gasteiger partial charge on any atom is -0.497 e. The van der Waals surface area contributed by atoms with Gasteiger partial charge in [0.15, 0.2) is 0 Å². The molecule has 0 bridgehead atoms. The fraction of sp³-hybridized carbons (Fsp3) is 0.320. The maximum Gasteiger partial charge on any atom is 0.416 e. The Morgan fingerprint density at radius 1 is 1.00 bits per heavy atom. The number of nitrogens with zero attached hydrogens (tertiary/aromatic N) is 4. The van der Waals surface area contributed by atoms with Gasteiger partial charge in [0.2, 0.25) is 5.91 Å². The Kier molecular flexibility index (Phi) is 7.09. The molecule has 0 spiro atoms. The molecule has 10 heteroatoms.